The lowest BCUT2D eigenvalue weighted by atomic mass is 10.1. The van der Waals surface area contributed by atoms with Crippen LogP contribution in [0.15, 0.2) is 36.4 Å². The van der Waals surface area contributed by atoms with E-state index in [2.05, 4.69) is 5.32 Å². The van der Waals surface area contributed by atoms with Crippen LogP contribution in [0.25, 0.3) is 0 Å². The van der Waals surface area contributed by atoms with Crippen LogP contribution in [-0.4, -0.2) is 11.0 Å². The minimum Gasteiger partial charge on any atom is -0.505 e. The van der Waals surface area contributed by atoms with Gasteiger partial charge >= 0.3 is 0 Å². The van der Waals surface area contributed by atoms with Crippen molar-refractivity contribution in [3.05, 3.63) is 63.4 Å². The minimum absolute atomic E-state index is 0.00670. The van der Waals surface area contributed by atoms with Crippen molar-refractivity contribution >= 4 is 29.1 Å². The maximum atomic E-state index is 13.2. The van der Waals surface area contributed by atoms with E-state index in [1.54, 1.807) is 25.1 Å². The van der Waals surface area contributed by atoms with Crippen LogP contribution < -0.4 is 5.32 Å². The van der Waals surface area contributed by atoms with Gasteiger partial charge in [0, 0.05) is 10.0 Å². The second kappa shape index (κ2) is 6.99. The van der Waals surface area contributed by atoms with Crippen molar-refractivity contribution in [2.45, 2.75) is 19.4 Å². The van der Waals surface area contributed by atoms with E-state index in [4.69, 9.17) is 28.3 Å². The van der Waals surface area contributed by atoms with Crippen molar-refractivity contribution in [3.8, 4) is 5.75 Å². The fourth-order valence-corrected chi connectivity index (χ4v) is 2.64. The van der Waals surface area contributed by atoms with Crippen LogP contribution in [0.2, 0.25) is 10.0 Å². The Morgan fingerprint density at radius 1 is 1.27 bits per heavy atom. The maximum absolute atomic E-state index is 13.2. The summed E-state index contributed by atoms with van der Waals surface area (Å²) in [5.74, 6) is -1.46. The average molecular weight is 342 g/mol. The molecule has 2 rings (SSSR count). The summed E-state index contributed by atoms with van der Waals surface area (Å²) in [7, 11) is 0. The first-order valence-corrected chi connectivity index (χ1v) is 7.34. The summed E-state index contributed by atoms with van der Waals surface area (Å²) in [6, 6.07) is 8.59. The van der Waals surface area contributed by atoms with Gasteiger partial charge in [-0.3, -0.25) is 4.79 Å². The number of hydrogen-bond acceptors (Lipinski definition) is 2. The Bertz CT molecular complexity index is 707. The molecule has 2 aromatic rings. The molecule has 0 heterocycles. The van der Waals surface area contributed by atoms with E-state index in [-0.39, 0.29) is 18.4 Å². The molecule has 0 aromatic heterocycles. The second-order valence-corrected chi connectivity index (χ2v) is 5.76. The lowest BCUT2D eigenvalue weighted by Gasteiger charge is -2.16. The number of carbonyl (C=O) groups excluding carboxylic acids is 1. The number of hydrogen-bond donors (Lipinski definition) is 2. The van der Waals surface area contributed by atoms with Gasteiger partial charge in [-0.1, -0.05) is 35.3 Å². The fraction of sp³-hybridized carbons (Fsp3) is 0.188. The second-order valence-electron chi connectivity index (χ2n) is 4.92. The highest BCUT2D eigenvalue weighted by Gasteiger charge is 2.14. The van der Waals surface area contributed by atoms with E-state index in [1.165, 1.54) is 12.1 Å². The number of rotatable bonds is 4. The fourth-order valence-electron chi connectivity index (χ4n) is 2.07. The average Bonchev–Trinajstić information content (AvgIpc) is 2.42. The Kier molecular flexibility index (Phi) is 5.27. The van der Waals surface area contributed by atoms with Crippen LogP contribution in [-0.2, 0) is 11.2 Å². The highest BCUT2D eigenvalue weighted by molar-refractivity contribution is 6.35. The minimum atomic E-state index is -0.751. The van der Waals surface area contributed by atoms with Gasteiger partial charge in [-0.25, -0.2) is 4.39 Å². The van der Waals surface area contributed by atoms with E-state index in [9.17, 15) is 9.18 Å². The number of aromatic hydroxyl groups is 1. The van der Waals surface area contributed by atoms with Gasteiger partial charge in [-0.2, -0.15) is 0 Å². The molecule has 1 amide bonds. The molecule has 2 aromatic carbocycles. The number of amides is 1. The standard InChI is InChI=1S/C16H14Cl2FNO2/c1-9(12-4-3-11(17)8-13(12)18)20-16(22)7-10-2-5-15(21)14(19)6-10/h2-6,8-9,21H,7H2,1H3,(H,20,22). The van der Waals surface area contributed by atoms with Crippen molar-refractivity contribution < 1.29 is 14.3 Å². The molecule has 0 aliphatic carbocycles. The van der Waals surface area contributed by atoms with Crippen LogP contribution in [0.3, 0.4) is 0 Å². The third-order valence-electron chi connectivity index (χ3n) is 3.18. The first-order chi connectivity index (χ1) is 10.4. The smallest absolute Gasteiger partial charge is 0.224 e. The molecule has 6 heteroatoms. The quantitative estimate of drug-likeness (QED) is 0.872. The van der Waals surface area contributed by atoms with Crippen molar-refractivity contribution in [3.63, 3.8) is 0 Å². The first kappa shape index (κ1) is 16.6. The molecule has 3 nitrogen and oxygen atoms in total. The molecule has 22 heavy (non-hydrogen) atoms. The number of benzene rings is 2. The molecule has 0 saturated carbocycles. The maximum Gasteiger partial charge on any atom is 0.224 e. The van der Waals surface area contributed by atoms with E-state index < -0.39 is 11.6 Å². The summed E-state index contributed by atoms with van der Waals surface area (Å²) in [6.07, 6.45) is 0.00670. The molecule has 1 unspecified atom stereocenters. The SMILES string of the molecule is CC(NC(=O)Cc1ccc(O)c(F)c1)c1ccc(Cl)cc1Cl. The third kappa shape index (κ3) is 4.12. The molecule has 0 aliphatic rings. The number of carbonyl (C=O) groups is 1. The van der Waals surface area contributed by atoms with Gasteiger partial charge in [0.15, 0.2) is 11.6 Å². The van der Waals surface area contributed by atoms with E-state index in [0.29, 0.717) is 15.6 Å². The van der Waals surface area contributed by atoms with E-state index >= 15 is 0 Å². The van der Waals surface area contributed by atoms with Crippen molar-refractivity contribution in [2.75, 3.05) is 0 Å². The van der Waals surface area contributed by atoms with Gasteiger partial charge in [-0.15, -0.1) is 0 Å². The molecular formula is C16H14Cl2FNO2. The van der Waals surface area contributed by atoms with Crippen molar-refractivity contribution in [2.24, 2.45) is 0 Å². The summed E-state index contributed by atoms with van der Waals surface area (Å²) < 4.78 is 13.2. The highest BCUT2D eigenvalue weighted by atomic mass is 35.5. The van der Waals surface area contributed by atoms with Crippen LogP contribution in [0, 0.1) is 5.82 Å². The monoisotopic (exact) mass is 341 g/mol. The van der Waals surface area contributed by atoms with E-state index in [1.807, 2.05) is 0 Å². The Labute approximate surface area is 137 Å². The van der Waals surface area contributed by atoms with E-state index in [0.717, 1.165) is 11.6 Å². The molecule has 2 N–H and O–H groups in total. The summed E-state index contributed by atoms with van der Waals surface area (Å²) >= 11 is 11.9. The normalized spacial score (nSPS) is 12.0. The number of nitrogens with one attached hydrogen (secondary N) is 1. The van der Waals surface area contributed by atoms with Crippen LogP contribution >= 0.6 is 23.2 Å². The Hall–Kier alpha value is -1.78. The van der Waals surface area contributed by atoms with Gasteiger partial charge in [0.25, 0.3) is 0 Å². The zero-order chi connectivity index (χ0) is 16.3. The highest BCUT2D eigenvalue weighted by Crippen LogP contribution is 2.26. The van der Waals surface area contributed by atoms with Crippen LogP contribution in [0.1, 0.15) is 24.1 Å². The van der Waals surface area contributed by atoms with Gasteiger partial charge in [0.05, 0.1) is 12.5 Å². The largest absolute Gasteiger partial charge is 0.505 e. The van der Waals surface area contributed by atoms with Gasteiger partial charge in [0.2, 0.25) is 5.91 Å². The summed E-state index contributed by atoms with van der Waals surface area (Å²) in [5.41, 5.74) is 1.22. The van der Waals surface area contributed by atoms with Gasteiger partial charge < -0.3 is 10.4 Å². The van der Waals surface area contributed by atoms with Crippen LogP contribution in [0.5, 0.6) is 5.75 Å². The molecular weight excluding hydrogens is 328 g/mol. The Balaban J connectivity index is 2.03. The molecule has 0 fully saturated rings. The lowest BCUT2D eigenvalue weighted by molar-refractivity contribution is -0.121. The topological polar surface area (TPSA) is 49.3 Å². The van der Waals surface area contributed by atoms with Gasteiger partial charge in [0.1, 0.15) is 0 Å². The zero-order valence-electron chi connectivity index (χ0n) is 11.7. The molecule has 0 radical (unpaired) electrons. The predicted molar refractivity (Wildman–Crippen MR) is 84.8 cm³/mol. The van der Waals surface area contributed by atoms with Crippen molar-refractivity contribution in [1.82, 2.24) is 5.32 Å². The third-order valence-corrected chi connectivity index (χ3v) is 3.75. The molecule has 0 saturated heterocycles. The Morgan fingerprint density at radius 3 is 2.64 bits per heavy atom. The zero-order valence-corrected chi connectivity index (χ0v) is 13.2. The summed E-state index contributed by atoms with van der Waals surface area (Å²) in [5, 5.41) is 12.9. The predicted octanol–water partition coefficient (Wildman–Crippen LogP) is 4.26. The lowest BCUT2D eigenvalue weighted by Crippen LogP contribution is -2.28. The molecule has 0 bridgehead atoms. The van der Waals surface area contributed by atoms with Crippen molar-refractivity contribution in [1.29, 1.82) is 0 Å². The molecule has 0 aliphatic heterocycles. The molecule has 1 atom stereocenters. The molecule has 116 valence electrons. The summed E-state index contributed by atoms with van der Waals surface area (Å²) in [6.45, 7) is 1.80. The van der Waals surface area contributed by atoms with Crippen LogP contribution in [0.4, 0.5) is 4.39 Å². The first-order valence-electron chi connectivity index (χ1n) is 6.58. The number of halogens is 3. The number of phenolic OH excluding ortho intramolecular Hbond substituents is 1. The Morgan fingerprint density at radius 2 is 2.00 bits per heavy atom. The number of phenols is 1. The van der Waals surface area contributed by atoms with Gasteiger partial charge in [-0.05, 0) is 42.3 Å². The summed E-state index contributed by atoms with van der Waals surface area (Å²) in [4.78, 5) is 12.0. The molecule has 0 spiro atoms.